The van der Waals surface area contributed by atoms with Gasteiger partial charge in [0.05, 0.1) is 10.5 Å². The third-order valence-electron chi connectivity index (χ3n) is 5.16. The Morgan fingerprint density at radius 2 is 1.96 bits per heavy atom. The van der Waals surface area contributed by atoms with Crippen LogP contribution in [0.1, 0.15) is 80.2 Å². The molecule has 1 amide bonds. The number of carbonyl (C=O) groups excluding carboxylic acids is 1. The van der Waals surface area contributed by atoms with Gasteiger partial charge in [-0.3, -0.25) is 4.79 Å². The van der Waals surface area contributed by atoms with E-state index in [9.17, 15) is 4.79 Å². The van der Waals surface area contributed by atoms with Gasteiger partial charge in [-0.25, -0.2) is 4.98 Å². The molecule has 1 N–H and O–H groups in total. The third kappa shape index (κ3) is 4.13. The van der Waals surface area contributed by atoms with Gasteiger partial charge in [-0.15, -0.1) is 11.3 Å². The van der Waals surface area contributed by atoms with Crippen molar-refractivity contribution < 1.29 is 4.79 Å². The van der Waals surface area contributed by atoms with Crippen molar-refractivity contribution in [1.29, 1.82) is 0 Å². The van der Waals surface area contributed by atoms with E-state index in [2.05, 4.69) is 29.0 Å². The molecule has 5 heteroatoms. The van der Waals surface area contributed by atoms with Gasteiger partial charge in [0.25, 0.3) is 5.91 Å². The molecule has 1 aromatic rings. The largest absolute Gasteiger partial charge is 0.344 e. The fourth-order valence-corrected chi connectivity index (χ4v) is 4.70. The number of nitrogens with one attached hydrogen (secondary N) is 1. The second kappa shape index (κ2) is 7.31. The van der Waals surface area contributed by atoms with Crippen molar-refractivity contribution in [3.63, 3.8) is 0 Å². The molecule has 1 aliphatic carbocycles. The molecule has 2 fully saturated rings. The highest BCUT2D eigenvalue weighted by atomic mass is 32.1. The Kier molecular flexibility index (Phi) is 5.37. The van der Waals surface area contributed by atoms with Crippen LogP contribution < -0.4 is 5.32 Å². The normalized spacial score (nSPS) is 21.7. The average molecular weight is 336 g/mol. The van der Waals surface area contributed by atoms with Crippen molar-refractivity contribution in [2.75, 3.05) is 19.6 Å². The first kappa shape index (κ1) is 16.9. The van der Waals surface area contributed by atoms with E-state index in [0.29, 0.717) is 11.6 Å². The number of amides is 1. The molecule has 2 aliphatic rings. The number of carbonyl (C=O) groups is 1. The lowest BCUT2D eigenvalue weighted by molar-refractivity contribution is 0.0818. The summed E-state index contributed by atoms with van der Waals surface area (Å²) in [6, 6.07) is 0. The minimum atomic E-state index is -0.0404. The molecule has 23 heavy (non-hydrogen) atoms. The Hall–Kier alpha value is -0.940. The van der Waals surface area contributed by atoms with E-state index in [1.165, 1.54) is 45.2 Å². The quantitative estimate of drug-likeness (QED) is 0.890. The highest BCUT2D eigenvalue weighted by Gasteiger charge is 2.36. The first-order valence-corrected chi connectivity index (χ1v) is 9.96. The Morgan fingerprint density at radius 3 is 2.57 bits per heavy atom. The standard InChI is InChI=1S/C18H29N3OS/c1-14(2)17-19-15(12-23-17)16(22)20-18(8-4-3-5-9-18)13-21-10-6-7-11-21/h12,14H,3-11,13H2,1-2H3,(H,20,22). The number of likely N-dealkylation sites (tertiary alicyclic amines) is 1. The molecular weight excluding hydrogens is 306 g/mol. The predicted molar refractivity (Wildman–Crippen MR) is 95.2 cm³/mol. The van der Waals surface area contributed by atoms with Crippen LogP contribution >= 0.6 is 11.3 Å². The van der Waals surface area contributed by atoms with Gasteiger partial charge in [0.15, 0.2) is 0 Å². The lowest BCUT2D eigenvalue weighted by Crippen LogP contribution is -2.56. The first-order valence-electron chi connectivity index (χ1n) is 9.08. The molecule has 0 radical (unpaired) electrons. The highest BCUT2D eigenvalue weighted by molar-refractivity contribution is 7.09. The smallest absolute Gasteiger partial charge is 0.271 e. The molecule has 1 saturated carbocycles. The van der Waals surface area contributed by atoms with E-state index < -0.39 is 0 Å². The summed E-state index contributed by atoms with van der Waals surface area (Å²) in [6.07, 6.45) is 8.56. The van der Waals surface area contributed by atoms with Gasteiger partial charge in [0, 0.05) is 17.8 Å². The zero-order chi connectivity index (χ0) is 16.3. The summed E-state index contributed by atoms with van der Waals surface area (Å²) < 4.78 is 0. The summed E-state index contributed by atoms with van der Waals surface area (Å²) >= 11 is 1.60. The molecule has 0 unspecified atom stereocenters. The minimum absolute atomic E-state index is 0.0225. The lowest BCUT2D eigenvalue weighted by atomic mass is 9.81. The molecule has 4 nitrogen and oxygen atoms in total. The van der Waals surface area contributed by atoms with Gasteiger partial charge in [-0.1, -0.05) is 33.1 Å². The van der Waals surface area contributed by atoms with E-state index in [1.54, 1.807) is 11.3 Å². The number of hydrogen-bond donors (Lipinski definition) is 1. The topological polar surface area (TPSA) is 45.2 Å². The Morgan fingerprint density at radius 1 is 1.26 bits per heavy atom. The molecule has 1 aliphatic heterocycles. The Balaban J connectivity index is 1.70. The van der Waals surface area contributed by atoms with Crippen LogP contribution in [0.5, 0.6) is 0 Å². The molecule has 1 saturated heterocycles. The van der Waals surface area contributed by atoms with Crippen LogP contribution in [0.4, 0.5) is 0 Å². The Bertz CT molecular complexity index is 528. The van der Waals surface area contributed by atoms with E-state index in [1.807, 2.05) is 5.38 Å². The maximum Gasteiger partial charge on any atom is 0.271 e. The molecule has 0 bridgehead atoms. The van der Waals surface area contributed by atoms with Crippen LogP contribution in [-0.4, -0.2) is 41.0 Å². The highest BCUT2D eigenvalue weighted by Crippen LogP contribution is 2.31. The van der Waals surface area contributed by atoms with Crippen LogP contribution in [0.2, 0.25) is 0 Å². The van der Waals surface area contributed by atoms with Crippen LogP contribution in [0.3, 0.4) is 0 Å². The second-order valence-electron chi connectivity index (χ2n) is 7.50. The van der Waals surface area contributed by atoms with Crippen molar-refractivity contribution in [3.05, 3.63) is 16.1 Å². The summed E-state index contributed by atoms with van der Waals surface area (Å²) in [5, 5.41) is 6.35. The molecule has 0 aromatic carbocycles. The average Bonchev–Trinajstić information content (AvgIpc) is 3.18. The summed E-state index contributed by atoms with van der Waals surface area (Å²) in [6.45, 7) is 7.63. The minimum Gasteiger partial charge on any atom is -0.344 e. The van der Waals surface area contributed by atoms with Gasteiger partial charge in [-0.2, -0.15) is 0 Å². The maximum absolute atomic E-state index is 12.7. The molecular formula is C18H29N3OS. The Labute approximate surface area is 143 Å². The third-order valence-corrected chi connectivity index (χ3v) is 6.31. The molecule has 0 atom stereocenters. The molecule has 3 rings (SSSR count). The SMILES string of the molecule is CC(C)c1nc(C(=O)NC2(CN3CCCC3)CCCCC2)cs1. The van der Waals surface area contributed by atoms with Crippen LogP contribution in [0, 0.1) is 0 Å². The number of nitrogens with zero attached hydrogens (tertiary/aromatic N) is 2. The number of thiazole rings is 1. The fourth-order valence-electron chi connectivity index (χ4n) is 3.88. The number of hydrogen-bond acceptors (Lipinski definition) is 4. The second-order valence-corrected chi connectivity index (χ2v) is 8.39. The van der Waals surface area contributed by atoms with Crippen molar-refractivity contribution in [1.82, 2.24) is 15.2 Å². The van der Waals surface area contributed by atoms with Crippen LogP contribution in [-0.2, 0) is 0 Å². The van der Waals surface area contributed by atoms with E-state index in [4.69, 9.17) is 0 Å². The fraction of sp³-hybridized carbons (Fsp3) is 0.778. The van der Waals surface area contributed by atoms with Gasteiger partial charge >= 0.3 is 0 Å². The zero-order valence-electron chi connectivity index (χ0n) is 14.4. The summed E-state index contributed by atoms with van der Waals surface area (Å²) in [4.78, 5) is 19.8. The van der Waals surface area contributed by atoms with Crippen molar-refractivity contribution in [2.45, 2.75) is 70.3 Å². The van der Waals surface area contributed by atoms with Crippen LogP contribution in [0.15, 0.2) is 5.38 Å². The number of rotatable bonds is 5. The van der Waals surface area contributed by atoms with Crippen molar-refractivity contribution in [3.8, 4) is 0 Å². The summed E-state index contributed by atoms with van der Waals surface area (Å²) in [5.41, 5.74) is 0.562. The monoisotopic (exact) mass is 335 g/mol. The van der Waals surface area contributed by atoms with E-state index >= 15 is 0 Å². The molecule has 2 heterocycles. The van der Waals surface area contributed by atoms with Crippen molar-refractivity contribution in [2.24, 2.45) is 0 Å². The van der Waals surface area contributed by atoms with Crippen molar-refractivity contribution >= 4 is 17.2 Å². The first-order chi connectivity index (χ1) is 11.1. The van der Waals surface area contributed by atoms with E-state index in [0.717, 1.165) is 24.4 Å². The van der Waals surface area contributed by atoms with Gasteiger partial charge in [0.1, 0.15) is 5.69 Å². The zero-order valence-corrected chi connectivity index (χ0v) is 15.3. The van der Waals surface area contributed by atoms with E-state index in [-0.39, 0.29) is 11.4 Å². The van der Waals surface area contributed by atoms with Gasteiger partial charge in [0.2, 0.25) is 0 Å². The lowest BCUT2D eigenvalue weighted by Gasteiger charge is -2.40. The van der Waals surface area contributed by atoms with Gasteiger partial charge in [-0.05, 0) is 38.8 Å². The molecule has 128 valence electrons. The maximum atomic E-state index is 12.7. The van der Waals surface area contributed by atoms with Gasteiger partial charge < -0.3 is 10.2 Å². The number of aromatic nitrogens is 1. The predicted octanol–water partition coefficient (Wildman–Crippen LogP) is 3.80. The molecule has 1 aromatic heterocycles. The van der Waals surface area contributed by atoms with Crippen LogP contribution in [0.25, 0.3) is 0 Å². The summed E-state index contributed by atoms with van der Waals surface area (Å²) in [5.74, 6) is 0.407. The molecule has 0 spiro atoms. The summed E-state index contributed by atoms with van der Waals surface area (Å²) in [7, 11) is 0.